The Kier molecular flexibility index (Phi) is 4.60. The number of hydrogen-bond acceptors (Lipinski definition) is 3. The van der Waals surface area contributed by atoms with Crippen molar-refractivity contribution in [3.05, 3.63) is 0 Å². The smallest absolute Gasteiger partial charge is 0.234 e. The van der Waals surface area contributed by atoms with E-state index in [0.29, 0.717) is 25.2 Å². The first-order chi connectivity index (χ1) is 7.13. The first-order valence-electron chi connectivity index (χ1n) is 5.31. The maximum Gasteiger partial charge on any atom is 0.234 e. The number of nitrogens with one attached hydrogen (secondary N) is 2. The highest BCUT2D eigenvalue weighted by Crippen LogP contribution is 2.05. The molecule has 1 saturated heterocycles. The third-order valence-electron chi connectivity index (χ3n) is 2.63. The molecule has 0 aromatic carbocycles. The van der Waals surface area contributed by atoms with E-state index in [0.717, 1.165) is 13.1 Å². The molecule has 15 heavy (non-hydrogen) atoms. The van der Waals surface area contributed by atoms with E-state index in [-0.39, 0.29) is 5.91 Å². The molecular formula is C11H19N3O. The summed E-state index contributed by atoms with van der Waals surface area (Å²) in [6.07, 6.45) is 5.07. The Balaban J connectivity index is 2.35. The van der Waals surface area contributed by atoms with Crippen molar-refractivity contribution in [1.29, 1.82) is 0 Å². The van der Waals surface area contributed by atoms with Crippen LogP contribution in [-0.2, 0) is 4.79 Å². The molecule has 84 valence electrons. The molecule has 2 atom stereocenters. The lowest BCUT2D eigenvalue weighted by molar-refractivity contribution is -0.122. The summed E-state index contributed by atoms with van der Waals surface area (Å²) in [5.74, 6) is 2.40. The maximum atomic E-state index is 11.5. The molecule has 4 nitrogen and oxygen atoms in total. The quantitative estimate of drug-likeness (QED) is 0.611. The van der Waals surface area contributed by atoms with Gasteiger partial charge in [0.25, 0.3) is 0 Å². The SMILES string of the molecule is C#CCNC(=O)CN1CC(C)NCC1C. The van der Waals surface area contributed by atoms with Gasteiger partial charge in [0.05, 0.1) is 13.1 Å². The highest BCUT2D eigenvalue weighted by Gasteiger charge is 2.23. The highest BCUT2D eigenvalue weighted by atomic mass is 16.2. The standard InChI is InChI=1S/C11H19N3O/c1-4-5-12-11(15)8-14-7-9(2)13-6-10(14)3/h1,9-10,13H,5-8H2,2-3H3,(H,12,15). The summed E-state index contributed by atoms with van der Waals surface area (Å²) < 4.78 is 0. The number of terminal acetylenes is 1. The van der Waals surface area contributed by atoms with E-state index in [1.165, 1.54) is 0 Å². The molecule has 0 aromatic heterocycles. The van der Waals surface area contributed by atoms with Crippen LogP contribution in [0, 0.1) is 12.3 Å². The van der Waals surface area contributed by atoms with Crippen LogP contribution in [0.5, 0.6) is 0 Å². The van der Waals surface area contributed by atoms with E-state index in [1.807, 2.05) is 0 Å². The van der Waals surface area contributed by atoms with Crippen LogP contribution in [0.4, 0.5) is 0 Å². The van der Waals surface area contributed by atoms with Crippen LogP contribution < -0.4 is 10.6 Å². The number of carbonyl (C=O) groups is 1. The maximum absolute atomic E-state index is 11.5. The molecule has 0 aliphatic carbocycles. The molecule has 1 aliphatic rings. The summed E-state index contributed by atoms with van der Waals surface area (Å²) in [6.45, 7) is 6.84. The highest BCUT2D eigenvalue weighted by molar-refractivity contribution is 5.78. The summed E-state index contributed by atoms with van der Waals surface area (Å²) in [7, 11) is 0. The molecular weight excluding hydrogens is 190 g/mol. The van der Waals surface area contributed by atoms with Crippen molar-refractivity contribution in [2.45, 2.75) is 25.9 Å². The van der Waals surface area contributed by atoms with Gasteiger partial charge < -0.3 is 10.6 Å². The number of piperazine rings is 1. The van der Waals surface area contributed by atoms with E-state index in [1.54, 1.807) is 0 Å². The van der Waals surface area contributed by atoms with E-state index < -0.39 is 0 Å². The fraction of sp³-hybridized carbons (Fsp3) is 0.727. The molecule has 1 fully saturated rings. The van der Waals surface area contributed by atoms with Crippen LogP contribution in [0.1, 0.15) is 13.8 Å². The van der Waals surface area contributed by atoms with Gasteiger partial charge >= 0.3 is 0 Å². The molecule has 0 saturated carbocycles. The predicted molar refractivity (Wildman–Crippen MR) is 60.3 cm³/mol. The Hall–Kier alpha value is -1.05. The number of rotatable bonds is 3. The van der Waals surface area contributed by atoms with Crippen LogP contribution in [0.25, 0.3) is 0 Å². The van der Waals surface area contributed by atoms with Crippen LogP contribution in [0.15, 0.2) is 0 Å². The summed E-state index contributed by atoms with van der Waals surface area (Å²) in [5, 5.41) is 6.05. The lowest BCUT2D eigenvalue weighted by atomic mass is 10.1. The van der Waals surface area contributed by atoms with Gasteiger partial charge in [-0.15, -0.1) is 6.42 Å². The van der Waals surface area contributed by atoms with Gasteiger partial charge in [-0.05, 0) is 13.8 Å². The molecule has 1 amide bonds. The molecule has 0 aromatic rings. The zero-order valence-electron chi connectivity index (χ0n) is 9.42. The van der Waals surface area contributed by atoms with Crippen LogP contribution in [-0.4, -0.2) is 49.1 Å². The number of carbonyl (C=O) groups excluding carboxylic acids is 1. The fourth-order valence-electron chi connectivity index (χ4n) is 1.71. The summed E-state index contributed by atoms with van der Waals surface area (Å²) in [6, 6.07) is 0.847. The Morgan fingerprint density at radius 3 is 3.07 bits per heavy atom. The van der Waals surface area contributed by atoms with Gasteiger partial charge in [-0.25, -0.2) is 0 Å². The molecule has 0 radical (unpaired) electrons. The lowest BCUT2D eigenvalue weighted by Gasteiger charge is -2.36. The van der Waals surface area contributed by atoms with Crippen LogP contribution >= 0.6 is 0 Å². The summed E-state index contributed by atoms with van der Waals surface area (Å²) in [5.41, 5.74) is 0. The fourth-order valence-corrected chi connectivity index (χ4v) is 1.71. The third kappa shape index (κ3) is 3.90. The van der Waals surface area contributed by atoms with Gasteiger partial charge in [0.2, 0.25) is 5.91 Å². The van der Waals surface area contributed by atoms with Crippen molar-refractivity contribution in [2.75, 3.05) is 26.2 Å². The van der Waals surface area contributed by atoms with Crippen molar-refractivity contribution in [3.63, 3.8) is 0 Å². The minimum atomic E-state index is 0.00824. The van der Waals surface area contributed by atoms with Gasteiger partial charge in [-0.2, -0.15) is 0 Å². The Labute approximate surface area is 91.4 Å². The second kappa shape index (κ2) is 5.74. The molecule has 1 aliphatic heterocycles. The number of hydrogen-bond donors (Lipinski definition) is 2. The topological polar surface area (TPSA) is 44.4 Å². The minimum absolute atomic E-state index is 0.00824. The van der Waals surface area contributed by atoms with Crippen molar-refractivity contribution in [3.8, 4) is 12.3 Å². The largest absolute Gasteiger partial charge is 0.344 e. The second-order valence-corrected chi connectivity index (χ2v) is 4.07. The number of nitrogens with zero attached hydrogens (tertiary/aromatic N) is 1. The lowest BCUT2D eigenvalue weighted by Crippen LogP contribution is -2.56. The monoisotopic (exact) mass is 209 g/mol. The second-order valence-electron chi connectivity index (χ2n) is 4.07. The number of amides is 1. The molecule has 1 rings (SSSR count). The van der Waals surface area contributed by atoms with E-state index in [9.17, 15) is 4.79 Å². The van der Waals surface area contributed by atoms with Gasteiger partial charge in [-0.3, -0.25) is 9.69 Å². The summed E-state index contributed by atoms with van der Waals surface area (Å²) >= 11 is 0. The van der Waals surface area contributed by atoms with Gasteiger partial charge in [0.1, 0.15) is 0 Å². The van der Waals surface area contributed by atoms with Crippen molar-refractivity contribution in [1.82, 2.24) is 15.5 Å². The summed E-state index contributed by atoms with van der Waals surface area (Å²) in [4.78, 5) is 13.6. The molecule has 2 unspecified atom stereocenters. The molecule has 0 bridgehead atoms. The average Bonchev–Trinajstić information content (AvgIpc) is 2.20. The molecule has 1 heterocycles. The van der Waals surface area contributed by atoms with Crippen molar-refractivity contribution >= 4 is 5.91 Å². The van der Waals surface area contributed by atoms with Gasteiger partial charge in [0, 0.05) is 25.2 Å². The van der Waals surface area contributed by atoms with Crippen LogP contribution in [0.3, 0.4) is 0 Å². The molecule has 4 heteroatoms. The zero-order chi connectivity index (χ0) is 11.3. The zero-order valence-corrected chi connectivity index (χ0v) is 9.42. The third-order valence-corrected chi connectivity index (χ3v) is 2.63. The van der Waals surface area contributed by atoms with E-state index in [4.69, 9.17) is 6.42 Å². The van der Waals surface area contributed by atoms with Crippen molar-refractivity contribution in [2.24, 2.45) is 0 Å². The van der Waals surface area contributed by atoms with E-state index >= 15 is 0 Å². The molecule has 0 spiro atoms. The van der Waals surface area contributed by atoms with Gasteiger partial charge in [-0.1, -0.05) is 5.92 Å². The average molecular weight is 209 g/mol. The van der Waals surface area contributed by atoms with Crippen LogP contribution in [0.2, 0.25) is 0 Å². The van der Waals surface area contributed by atoms with Crippen molar-refractivity contribution < 1.29 is 4.79 Å². The normalized spacial score (nSPS) is 27.0. The Bertz CT molecular complexity index is 259. The molecule has 2 N–H and O–H groups in total. The Morgan fingerprint density at radius 1 is 1.67 bits per heavy atom. The minimum Gasteiger partial charge on any atom is -0.344 e. The van der Waals surface area contributed by atoms with Gasteiger partial charge in [0.15, 0.2) is 0 Å². The van der Waals surface area contributed by atoms with E-state index in [2.05, 4.69) is 35.3 Å². The Morgan fingerprint density at radius 2 is 2.40 bits per heavy atom. The first kappa shape index (κ1) is 12.0. The predicted octanol–water partition coefficient (Wildman–Crippen LogP) is -0.582. The first-order valence-corrected chi connectivity index (χ1v) is 5.31.